The molecule has 0 spiro atoms. The summed E-state index contributed by atoms with van der Waals surface area (Å²) in [7, 11) is 0. The molecule has 1 heterocycles. The smallest absolute Gasteiger partial charge is 0.282 e. The van der Waals surface area contributed by atoms with Crippen molar-refractivity contribution >= 4 is 11.6 Å². The van der Waals surface area contributed by atoms with Crippen LogP contribution in [-0.2, 0) is 0 Å². The van der Waals surface area contributed by atoms with E-state index in [4.69, 9.17) is 9.47 Å². The summed E-state index contributed by atoms with van der Waals surface area (Å²) in [5.41, 5.74) is -0.208. The fourth-order valence-electron chi connectivity index (χ4n) is 2.48. The highest BCUT2D eigenvalue weighted by atomic mass is 16.6. The molecule has 2 aromatic carbocycles. The molecule has 124 valence electrons. The van der Waals surface area contributed by atoms with Crippen LogP contribution in [0.2, 0.25) is 0 Å². The van der Waals surface area contributed by atoms with E-state index in [0.717, 1.165) is 0 Å². The lowest BCUT2D eigenvalue weighted by Crippen LogP contribution is -2.48. The third-order valence-electron chi connectivity index (χ3n) is 3.79. The monoisotopic (exact) mass is 328 g/mol. The zero-order valence-electron chi connectivity index (χ0n) is 13.0. The van der Waals surface area contributed by atoms with Crippen molar-refractivity contribution in [2.24, 2.45) is 0 Å². The first kappa shape index (κ1) is 15.8. The van der Waals surface area contributed by atoms with Gasteiger partial charge in [0.05, 0.1) is 11.0 Å². The Kier molecular flexibility index (Phi) is 4.33. The Morgan fingerprint density at radius 1 is 1.21 bits per heavy atom. The summed E-state index contributed by atoms with van der Waals surface area (Å²) >= 11 is 0. The molecular formula is C17H16N2O5. The molecule has 0 aromatic heterocycles. The largest absolute Gasteiger partial charge is 0.486 e. The van der Waals surface area contributed by atoms with E-state index in [1.54, 1.807) is 19.1 Å². The molecule has 1 aliphatic rings. The molecule has 0 aliphatic carbocycles. The van der Waals surface area contributed by atoms with E-state index in [-0.39, 0.29) is 30.0 Å². The zero-order valence-corrected chi connectivity index (χ0v) is 13.0. The Morgan fingerprint density at radius 3 is 2.62 bits per heavy atom. The highest BCUT2D eigenvalue weighted by Crippen LogP contribution is 2.31. The number of benzene rings is 2. The predicted octanol–water partition coefficient (Wildman–Crippen LogP) is 2.55. The van der Waals surface area contributed by atoms with Crippen LogP contribution in [0, 0.1) is 10.1 Å². The van der Waals surface area contributed by atoms with E-state index in [9.17, 15) is 14.9 Å². The summed E-state index contributed by atoms with van der Waals surface area (Å²) in [4.78, 5) is 22.8. The molecule has 0 bridgehead atoms. The van der Waals surface area contributed by atoms with Gasteiger partial charge in [-0.15, -0.1) is 0 Å². The number of nitrogens with one attached hydrogen (secondary N) is 1. The van der Waals surface area contributed by atoms with Crippen LogP contribution >= 0.6 is 0 Å². The van der Waals surface area contributed by atoms with Crippen molar-refractivity contribution in [1.29, 1.82) is 0 Å². The van der Waals surface area contributed by atoms with Gasteiger partial charge in [-0.1, -0.05) is 24.3 Å². The zero-order chi connectivity index (χ0) is 17.1. The van der Waals surface area contributed by atoms with Gasteiger partial charge < -0.3 is 14.8 Å². The third-order valence-corrected chi connectivity index (χ3v) is 3.79. The first-order valence-electron chi connectivity index (χ1n) is 7.49. The van der Waals surface area contributed by atoms with Gasteiger partial charge in [0.15, 0.2) is 17.6 Å². The van der Waals surface area contributed by atoms with E-state index < -0.39 is 10.8 Å². The summed E-state index contributed by atoms with van der Waals surface area (Å²) < 4.78 is 11.5. The number of hydrogen-bond donors (Lipinski definition) is 1. The maximum atomic E-state index is 12.4. The quantitative estimate of drug-likeness (QED) is 0.688. The SMILES string of the molecule is C[C@@H](NC(=O)c1ccccc1[N+](=O)[O-])[C@H]1COc2ccccc2O1. The Labute approximate surface area is 138 Å². The number of carbonyl (C=O) groups excluding carboxylic acids is 1. The van der Waals surface area contributed by atoms with Crippen molar-refractivity contribution in [1.82, 2.24) is 5.32 Å². The molecule has 0 saturated carbocycles. The number of nitro groups is 1. The molecular weight excluding hydrogens is 312 g/mol. The summed E-state index contributed by atoms with van der Waals surface area (Å²) in [6.07, 6.45) is -0.383. The third kappa shape index (κ3) is 3.15. The minimum absolute atomic E-state index is 0.0199. The maximum Gasteiger partial charge on any atom is 0.282 e. The summed E-state index contributed by atoms with van der Waals surface area (Å²) in [6.45, 7) is 2.06. The van der Waals surface area contributed by atoms with Crippen LogP contribution < -0.4 is 14.8 Å². The lowest BCUT2D eigenvalue weighted by atomic mass is 10.1. The Morgan fingerprint density at radius 2 is 1.88 bits per heavy atom. The molecule has 2 atom stereocenters. The predicted molar refractivity (Wildman–Crippen MR) is 86.4 cm³/mol. The molecule has 7 nitrogen and oxygen atoms in total. The minimum Gasteiger partial charge on any atom is -0.486 e. The fourth-order valence-corrected chi connectivity index (χ4v) is 2.48. The Bertz CT molecular complexity index is 777. The van der Waals surface area contributed by atoms with Gasteiger partial charge in [0.25, 0.3) is 11.6 Å². The van der Waals surface area contributed by atoms with Crippen molar-refractivity contribution in [3.8, 4) is 11.5 Å². The van der Waals surface area contributed by atoms with Crippen molar-refractivity contribution in [3.63, 3.8) is 0 Å². The van der Waals surface area contributed by atoms with Crippen LogP contribution in [0.1, 0.15) is 17.3 Å². The molecule has 24 heavy (non-hydrogen) atoms. The van der Waals surface area contributed by atoms with Crippen molar-refractivity contribution < 1.29 is 19.2 Å². The second-order valence-corrected chi connectivity index (χ2v) is 5.45. The summed E-state index contributed by atoms with van der Waals surface area (Å²) in [6, 6.07) is 12.7. The summed E-state index contributed by atoms with van der Waals surface area (Å²) in [5.74, 6) is 0.753. The number of nitrogens with zero attached hydrogens (tertiary/aromatic N) is 1. The molecule has 2 aromatic rings. The van der Waals surface area contributed by atoms with Crippen LogP contribution in [0.3, 0.4) is 0 Å². The number of carbonyl (C=O) groups is 1. The highest BCUT2D eigenvalue weighted by molar-refractivity contribution is 5.98. The molecule has 0 saturated heterocycles. The van der Waals surface area contributed by atoms with E-state index in [1.165, 1.54) is 18.2 Å². The van der Waals surface area contributed by atoms with Gasteiger partial charge in [-0.3, -0.25) is 14.9 Å². The van der Waals surface area contributed by atoms with Gasteiger partial charge in [-0.2, -0.15) is 0 Å². The van der Waals surface area contributed by atoms with E-state index in [2.05, 4.69) is 5.32 Å². The number of fused-ring (bicyclic) bond motifs is 1. The molecule has 0 radical (unpaired) electrons. The fraction of sp³-hybridized carbons (Fsp3) is 0.235. The minimum atomic E-state index is -0.573. The first-order chi connectivity index (χ1) is 11.6. The number of rotatable bonds is 4. The van der Waals surface area contributed by atoms with E-state index in [1.807, 2.05) is 18.2 Å². The van der Waals surface area contributed by atoms with Crippen molar-refractivity contribution in [3.05, 3.63) is 64.2 Å². The van der Waals surface area contributed by atoms with E-state index in [0.29, 0.717) is 11.5 Å². The van der Waals surface area contributed by atoms with Gasteiger partial charge in [0.1, 0.15) is 12.2 Å². The Balaban J connectivity index is 1.71. The second kappa shape index (κ2) is 6.57. The van der Waals surface area contributed by atoms with Crippen molar-refractivity contribution in [2.75, 3.05) is 6.61 Å². The lowest BCUT2D eigenvalue weighted by molar-refractivity contribution is -0.385. The molecule has 0 fully saturated rings. The number of para-hydroxylation sites is 3. The molecule has 3 rings (SSSR count). The van der Waals surface area contributed by atoms with Crippen LogP contribution in [0.15, 0.2) is 48.5 Å². The van der Waals surface area contributed by atoms with Crippen LogP contribution in [0.25, 0.3) is 0 Å². The average Bonchev–Trinajstić information content (AvgIpc) is 2.61. The van der Waals surface area contributed by atoms with Crippen LogP contribution in [-0.4, -0.2) is 29.6 Å². The maximum absolute atomic E-state index is 12.4. The van der Waals surface area contributed by atoms with Gasteiger partial charge in [0, 0.05) is 6.07 Å². The first-order valence-corrected chi connectivity index (χ1v) is 7.49. The number of ether oxygens (including phenoxy) is 2. The average molecular weight is 328 g/mol. The van der Waals surface area contributed by atoms with Gasteiger partial charge >= 0.3 is 0 Å². The topological polar surface area (TPSA) is 90.7 Å². The lowest BCUT2D eigenvalue weighted by Gasteiger charge is -2.30. The molecule has 1 aliphatic heterocycles. The normalized spacial score (nSPS) is 17.0. The summed E-state index contributed by atoms with van der Waals surface area (Å²) in [5, 5.41) is 13.8. The van der Waals surface area contributed by atoms with Crippen LogP contribution in [0.5, 0.6) is 11.5 Å². The Hall–Kier alpha value is -3.09. The molecule has 0 unspecified atom stereocenters. The molecule has 7 heteroatoms. The highest BCUT2D eigenvalue weighted by Gasteiger charge is 2.28. The number of nitro benzene ring substituents is 1. The number of hydrogen-bond acceptors (Lipinski definition) is 5. The van der Waals surface area contributed by atoms with Gasteiger partial charge in [0.2, 0.25) is 0 Å². The second-order valence-electron chi connectivity index (χ2n) is 5.45. The van der Waals surface area contributed by atoms with Gasteiger partial charge in [-0.05, 0) is 25.1 Å². The van der Waals surface area contributed by atoms with Crippen LogP contribution in [0.4, 0.5) is 5.69 Å². The standard InChI is InChI=1S/C17H16N2O5/c1-11(16-10-23-14-8-4-5-9-15(14)24-16)18-17(20)12-6-2-3-7-13(12)19(21)22/h2-9,11,16H,10H2,1H3,(H,18,20)/t11-,16-/m1/s1. The molecule has 1 amide bonds. The van der Waals surface area contributed by atoms with Gasteiger partial charge in [-0.25, -0.2) is 0 Å². The molecule has 1 N–H and O–H groups in total. The number of amides is 1. The van der Waals surface area contributed by atoms with Crippen molar-refractivity contribution in [2.45, 2.75) is 19.1 Å². The van der Waals surface area contributed by atoms with E-state index >= 15 is 0 Å².